The molecule has 58 heavy (non-hydrogen) atoms. The third-order valence-electron chi connectivity index (χ3n) is 11.7. The number of ether oxygens (including phenoxy) is 3. The Morgan fingerprint density at radius 1 is 1.09 bits per heavy atom. The first-order valence-electron chi connectivity index (χ1n) is 19.4. The van der Waals surface area contributed by atoms with Gasteiger partial charge in [0.05, 0.1) is 29.7 Å². The van der Waals surface area contributed by atoms with Gasteiger partial charge in [-0.1, -0.05) is 21.6 Å². The molecule has 0 spiro atoms. The van der Waals surface area contributed by atoms with Crippen LogP contribution in [0.3, 0.4) is 0 Å². The van der Waals surface area contributed by atoms with Crippen molar-refractivity contribution in [3.63, 3.8) is 0 Å². The summed E-state index contributed by atoms with van der Waals surface area (Å²) in [6, 6.07) is 8.96. The van der Waals surface area contributed by atoms with E-state index in [0.29, 0.717) is 84.7 Å². The van der Waals surface area contributed by atoms with Crippen LogP contribution in [0.1, 0.15) is 54.3 Å². The van der Waals surface area contributed by atoms with Gasteiger partial charge >= 0.3 is 5.97 Å². The zero-order valence-electron chi connectivity index (χ0n) is 32.5. The highest BCUT2D eigenvalue weighted by molar-refractivity contribution is 8.76. The maximum atomic E-state index is 14.4. The van der Waals surface area contributed by atoms with Crippen molar-refractivity contribution in [2.24, 2.45) is 4.99 Å². The van der Waals surface area contributed by atoms with Crippen LogP contribution in [-0.2, 0) is 39.4 Å². The number of nitrogens with two attached hydrogens (primary N) is 2. The number of rotatable bonds is 5. The number of aromatic nitrogens is 2. The van der Waals surface area contributed by atoms with E-state index in [1.54, 1.807) is 34.6 Å². The molecule has 0 unspecified atom stereocenters. The van der Waals surface area contributed by atoms with E-state index < -0.39 is 29.4 Å². The minimum atomic E-state index is -1.17. The minimum Gasteiger partial charge on any atom is -0.507 e. The lowest BCUT2D eigenvalue weighted by Crippen LogP contribution is -2.53. The molecule has 2 bridgehead atoms. The fraction of sp³-hybridized carbons (Fsp3) is 0.405. The Labute approximate surface area is 342 Å². The van der Waals surface area contributed by atoms with Crippen LogP contribution in [0.15, 0.2) is 68.1 Å². The average Bonchev–Trinajstić information content (AvgIpc) is 3.49. The van der Waals surface area contributed by atoms with Crippen molar-refractivity contribution in [2.75, 3.05) is 37.4 Å². The Hall–Kier alpha value is -5.03. The van der Waals surface area contributed by atoms with Crippen molar-refractivity contribution in [3.8, 4) is 22.8 Å². The Kier molecular flexibility index (Phi) is 9.93. The standard InChI is InChI=1S/C42H45N7O7S2/c1-22-12-31(50)37-33(53-22)17-32-27(38(37)51)16-35-41(2,55-32)8-11-57-58-21-28-26(15-25(47-39(28)44)19-49-18-24-6-9-46-30(24)20-49)29-13-23(14-36(43)48-29)4-5-34-42(56-34,7-10-45-3)40(52)54-35/h6,9,12-15,17,20,34-35,45,51H,4-5,7-8,10-11,16,18-19,21H2,1-3H3,(H2,43,48)(H2,44,47)/t34-,35-,41+,42-/m1/s1. The normalized spacial score (nSPS) is 25.2. The van der Waals surface area contributed by atoms with Crippen LogP contribution < -0.4 is 26.9 Å². The van der Waals surface area contributed by atoms with Gasteiger partial charge in [0.2, 0.25) is 0 Å². The number of fused-ring (bicyclic) bond motifs is 9. The molecule has 4 atom stereocenters. The molecule has 0 aliphatic carbocycles. The highest BCUT2D eigenvalue weighted by atomic mass is 33.1. The van der Waals surface area contributed by atoms with E-state index in [1.807, 2.05) is 38.4 Å². The maximum Gasteiger partial charge on any atom is 0.341 e. The quantitative estimate of drug-likeness (QED) is 0.114. The number of hydrogen-bond donors (Lipinski definition) is 4. The number of benzene rings is 1. The smallest absolute Gasteiger partial charge is 0.341 e. The number of esters is 1. The summed E-state index contributed by atoms with van der Waals surface area (Å²) in [6.07, 6.45) is 6.83. The highest BCUT2D eigenvalue weighted by Crippen LogP contribution is 2.48. The van der Waals surface area contributed by atoms with Crippen LogP contribution >= 0.6 is 21.6 Å². The van der Waals surface area contributed by atoms with E-state index >= 15 is 0 Å². The van der Waals surface area contributed by atoms with Crippen molar-refractivity contribution in [3.05, 3.63) is 92.2 Å². The van der Waals surface area contributed by atoms with E-state index in [4.69, 9.17) is 40.1 Å². The largest absolute Gasteiger partial charge is 0.507 e. The molecule has 302 valence electrons. The third kappa shape index (κ3) is 7.09. The highest BCUT2D eigenvalue weighted by Gasteiger charge is 2.63. The molecule has 14 nitrogen and oxygen atoms in total. The summed E-state index contributed by atoms with van der Waals surface area (Å²) in [6.45, 7) is 5.43. The van der Waals surface area contributed by atoms with Crippen molar-refractivity contribution >= 4 is 56.4 Å². The summed E-state index contributed by atoms with van der Waals surface area (Å²) in [5.74, 6) is 2.07. The molecule has 0 saturated carbocycles. The topological polar surface area (TPSA) is 204 Å². The van der Waals surface area contributed by atoms with Gasteiger partial charge in [0.25, 0.3) is 0 Å². The molecular weight excluding hydrogens is 779 g/mol. The molecule has 4 aromatic rings. The number of aryl methyl sites for hydroxylation is 2. The molecule has 0 amide bonds. The molecule has 1 saturated heterocycles. The molecule has 5 aliphatic heterocycles. The molecule has 1 aromatic carbocycles. The van der Waals surface area contributed by atoms with Gasteiger partial charge in [-0.2, -0.15) is 0 Å². The SMILES string of the molecule is CNCC[C@@]12O[C@@H]1CCc1cc(N)nc(c1)-c1cc(CN3C=C4N=CC=C4C3)nc(N)c1CSSCC[C@]1(C)Oc3cc4oc(C)cc(=O)c4c(O)c3C[C@H]1OC2=O. The Bertz CT molecular complexity index is 2510. The van der Waals surface area contributed by atoms with Crippen LogP contribution in [0.2, 0.25) is 0 Å². The van der Waals surface area contributed by atoms with E-state index in [2.05, 4.69) is 27.5 Å². The molecule has 6 N–H and O–H groups in total. The van der Waals surface area contributed by atoms with Gasteiger partial charge in [-0.05, 0) is 70.1 Å². The lowest BCUT2D eigenvalue weighted by molar-refractivity contribution is -0.169. The summed E-state index contributed by atoms with van der Waals surface area (Å²) in [4.78, 5) is 43.6. The number of allylic oxidation sites excluding steroid dienone is 1. The number of aromatic hydroxyl groups is 1. The van der Waals surface area contributed by atoms with Gasteiger partial charge in [0, 0.05) is 84.1 Å². The van der Waals surface area contributed by atoms with Crippen LogP contribution in [-0.4, -0.2) is 81.5 Å². The molecule has 0 radical (unpaired) electrons. The number of pyridine rings is 2. The number of phenols is 1. The summed E-state index contributed by atoms with van der Waals surface area (Å²) in [7, 11) is 5.11. The molecule has 5 aliphatic rings. The number of phenolic OH excluding ortho intramolecular Hbond substituents is 1. The lowest BCUT2D eigenvalue weighted by atomic mass is 9.86. The average molecular weight is 824 g/mol. The second kappa shape index (κ2) is 15.0. The van der Waals surface area contributed by atoms with Crippen molar-refractivity contribution in [2.45, 2.75) is 81.7 Å². The van der Waals surface area contributed by atoms with E-state index in [9.17, 15) is 14.7 Å². The number of aliphatic imine (C=N–C) groups is 1. The van der Waals surface area contributed by atoms with E-state index in [0.717, 1.165) is 34.6 Å². The monoisotopic (exact) mass is 823 g/mol. The van der Waals surface area contributed by atoms with E-state index in [-0.39, 0.29) is 28.6 Å². The molecule has 1 fully saturated rings. The first-order chi connectivity index (χ1) is 27.9. The molecule has 9 rings (SSSR count). The van der Waals surface area contributed by atoms with Gasteiger partial charge in [0.1, 0.15) is 51.6 Å². The summed E-state index contributed by atoms with van der Waals surface area (Å²) < 4.78 is 25.3. The predicted molar refractivity (Wildman–Crippen MR) is 226 cm³/mol. The zero-order chi connectivity index (χ0) is 40.3. The van der Waals surface area contributed by atoms with Crippen molar-refractivity contribution in [1.82, 2.24) is 20.2 Å². The fourth-order valence-corrected chi connectivity index (χ4v) is 10.8. The number of nitrogens with zero attached hydrogens (tertiary/aromatic N) is 4. The van der Waals surface area contributed by atoms with Gasteiger partial charge < -0.3 is 45.4 Å². The van der Waals surface area contributed by atoms with Crippen LogP contribution in [0.5, 0.6) is 11.5 Å². The Morgan fingerprint density at radius 3 is 2.78 bits per heavy atom. The lowest BCUT2D eigenvalue weighted by Gasteiger charge is -2.42. The predicted octanol–water partition coefficient (Wildman–Crippen LogP) is 5.37. The van der Waals surface area contributed by atoms with Crippen molar-refractivity contribution < 1.29 is 28.5 Å². The van der Waals surface area contributed by atoms with E-state index in [1.165, 1.54) is 11.6 Å². The number of nitrogen functional groups attached to an aromatic ring is 2. The Morgan fingerprint density at radius 2 is 1.95 bits per heavy atom. The zero-order valence-corrected chi connectivity index (χ0v) is 34.1. The van der Waals surface area contributed by atoms with Crippen LogP contribution in [0, 0.1) is 6.92 Å². The molecular formula is C42H45N7O7S2. The van der Waals surface area contributed by atoms with Gasteiger partial charge in [-0.25, -0.2) is 14.8 Å². The molecule has 16 heteroatoms. The van der Waals surface area contributed by atoms with Crippen LogP contribution in [0.4, 0.5) is 11.6 Å². The first-order valence-corrected chi connectivity index (χ1v) is 21.9. The number of epoxide rings is 1. The number of hydrogen-bond acceptors (Lipinski definition) is 16. The van der Waals surface area contributed by atoms with Gasteiger partial charge in [-0.3, -0.25) is 9.79 Å². The second-order valence-electron chi connectivity index (χ2n) is 15.7. The minimum absolute atomic E-state index is 0.0650. The fourth-order valence-electron chi connectivity index (χ4n) is 8.45. The second-order valence-corrected chi connectivity index (χ2v) is 18.3. The molecule has 3 aromatic heterocycles. The summed E-state index contributed by atoms with van der Waals surface area (Å²) in [5.41, 5.74) is 17.7. The van der Waals surface area contributed by atoms with Crippen LogP contribution in [0.25, 0.3) is 22.2 Å². The van der Waals surface area contributed by atoms with Crippen molar-refractivity contribution in [1.29, 1.82) is 0 Å². The number of carbonyl (C=O) groups excluding carboxylic acids is 1. The summed E-state index contributed by atoms with van der Waals surface area (Å²) in [5, 5.41) is 14.7. The third-order valence-corrected chi connectivity index (χ3v) is 14.0. The number of carbonyl (C=O) groups is 1. The first kappa shape index (κ1) is 38.5. The molecule has 8 heterocycles. The Balaban J connectivity index is 1.06. The summed E-state index contributed by atoms with van der Waals surface area (Å²) >= 11 is 0. The van der Waals surface area contributed by atoms with Gasteiger partial charge in [0.15, 0.2) is 11.0 Å². The van der Waals surface area contributed by atoms with Gasteiger partial charge in [-0.15, -0.1) is 0 Å². The maximum absolute atomic E-state index is 14.4. The number of anilines is 2. The number of nitrogens with one attached hydrogen (secondary N) is 1.